The standard InChI is InChI=1S/C26H37F2N7O4Si/c1-26(2,3)40(5,6)39-18-8-7-17-19(20(18)36-4)29-22(21(27)28)35(17)25-31-23(33-9-13-37-14-10-33)30-24(32-25)34-11-15-38-16-12-34/h7-8,21H,9-16H2,1-6H3. The molecule has 2 aromatic heterocycles. The molecule has 0 atom stereocenters. The number of halogens is 2. The lowest BCUT2D eigenvalue weighted by molar-refractivity contribution is 0.121. The molecule has 0 unspecified atom stereocenters. The lowest BCUT2D eigenvalue weighted by Gasteiger charge is -2.36. The first kappa shape index (κ1) is 28.4. The fourth-order valence-electron chi connectivity index (χ4n) is 4.43. The summed E-state index contributed by atoms with van der Waals surface area (Å²) in [5.74, 6) is 1.17. The molecule has 2 aliphatic heterocycles. The summed E-state index contributed by atoms with van der Waals surface area (Å²) in [6.45, 7) is 15.1. The highest BCUT2D eigenvalue weighted by molar-refractivity contribution is 6.74. The summed E-state index contributed by atoms with van der Waals surface area (Å²) < 4.78 is 53.6. The molecule has 40 heavy (non-hydrogen) atoms. The van der Waals surface area contributed by atoms with Gasteiger partial charge < -0.3 is 28.4 Å². The number of methoxy groups -OCH3 is 1. The van der Waals surface area contributed by atoms with Gasteiger partial charge >= 0.3 is 0 Å². The Morgan fingerprint density at radius 2 is 1.38 bits per heavy atom. The van der Waals surface area contributed by atoms with Gasteiger partial charge in [-0.05, 0) is 30.3 Å². The van der Waals surface area contributed by atoms with Crippen LogP contribution in [-0.4, -0.2) is 92.5 Å². The highest BCUT2D eigenvalue weighted by atomic mass is 28.4. The molecule has 11 nitrogen and oxygen atoms in total. The lowest BCUT2D eigenvalue weighted by atomic mass is 10.2. The van der Waals surface area contributed by atoms with Crippen molar-refractivity contribution in [3.05, 3.63) is 18.0 Å². The number of hydrogen-bond acceptors (Lipinski definition) is 10. The molecule has 0 amide bonds. The van der Waals surface area contributed by atoms with Crippen LogP contribution in [0.1, 0.15) is 33.0 Å². The van der Waals surface area contributed by atoms with E-state index < -0.39 is 20.6 Å². The molecule has 218 valence electrons. The van der Waals surface area contributed by atoms with Crippen LogP contribution in [0.4, 0.5) is 20.7 Å². The van der Waals surface area contributed by atoms with Gasteiger partial charge in [-0.25, -0.2) is 13.8 Å². The van der Waals surface area contributed by atoms with E-state index in [4.69, 9.17) is 23.6 Å². The molecule has 2 aliphatic rings. The maximum Gasteiger partial charge on any atom is 0.296 e. The Morgan fingerprint density at radius 3 is 1.85 bits per heavy atom. The normalized spacial score (nSPS) is 17.1. The van der Waals surface area contributed by atoms with E-state index in [0.29, 0.717) is 81.5 Å². The van der Waals surface area contributed by atoms with Crippen LogP contribution in [-0.2, 0) is 9.47 Å². The minimum atomic E-state index is -2.89. The zero-order valence-corrected chi connectivity index (χ0v) is 24.9. The molecule has 3 aromatic rings. The maximum atomic E-state index is 14.6. The zero-order valence-electron chi connectivity index (χ0n) is 23.9. The van der Waals surface area contributed by atoms with Crippen LogP contribution < -0.4 is 19.0 Å². The Balaban J connectivity index is 1.68. The van der Waals surface area contributed by atoms with Gasteiger partial charge in [-0.15, -0.1) is 0 Å². The van der Waals surface area contributed by atoms with E-state index in [2.05, 4.69) is 48.8 Å². The molecule has 2 fully saturated rings. The van der Waals surface area contributed by atoms with Crippen molar-refractivity contribution in [2.75, 3.05) is 69.5 Å². The molecule has 5 rings (SSSR count). The smallest absolute Gasteiger partial charge is 0.296 e. The summed E-state index contributed by atoms with van der Waals surface area (Å²) in [4.78, 5) is 22.4. The van der Waals surface area contributed by atoms with E-state index in [1.54, 1.807) is 12.1 Å². The van der Waals surface area contributed by atoms with E-state index in [-0.39, 0.29) is 16.5 Å². The van der Waals surface area contributed by atoms with Crippen molar-refractivity contribution in [1.29, 1.82) is 0 Å². The number of morpholine rings is 2. The Hall–Kier alpha value is -3.10. The van der Waals surface area contributed by atoms with Crippen molar-refractivity contribution < 1.29 is 27.4 Å². The second kappa shape index (κ2) is 11.1. The highest BCUT2D eigenvalue weighted by Crippen LogP contribution is 2.43. The first-order chi connectivity index (χ1) is 19.0. The summed E-state index contributed by atoms with van der Waals surface area (Å²) in [7, 11) is -0.764. The van der Waals surface area contributed by atoms with Gasteiger partial charge in [0.05, 0.1) is 39.1 Å². The summed E-state index contributed by atoms with van der Waals surface area (Å²) in [6.07, 6.45) is -2.89. The van der Waals surface area contributed by atoms with Gasteiger partial charge in [0, 0.05) is 26.2 Å². The number of aromatic nitrogens is 5. The third-order valence-corrected chi connectivity index (χ3v) is 12.1. The molecule has 1 aromatic carbocycles. The van der Waals surface area contributed by atoms with Gasteiger partial charge in [0.2, 0.25) is 17.8 Å². The number of nitrogens with zero attached hydrogens (tertiary/aromatic N) is 7. The molecule has 0 saturated carbocycles. The molecule has 0 aliphatic carbocycles. The highest BCUT2D eigenvalue weighted by Gasteiger charge is 2.40. The summed E-state index contributed by atoms with van der Waals surface area (Å²) >= 11 is 0. The predicted octanol–water partition coefficient (Wildman–Crippen LogP) is 4.21. The number of ether oxygens (including phenoxy) is 3. The monoisotopic (exact) mass is 577 g/mol. The lowest BCUT2D eigenvalue weighted by Crippen LogP contribution is -2.43. The largest absolute Gasteiger partial charge is 0.541 e. The molecular weight excluding hydrogens is 540 g/mol. The second-order valence-electron chi connectivity index (χ2n) is 11.4. The van der Waals surface area contributed by atoms with Crippen molar-refractivity contribution >= 4 is 31.2 Å². The van der Waals surface area contributed by atoms with E-state index >= 15 is 0 Å². The van der Waals surface area contributed by atoms with Gasteiger partial charge in [-0.1, -0.05) is 20.8 Å². The van der Waals surface area contributed by atoms with Crippen LogP contribution >= 0.6 is 0 Å². The molecule has 0 spiro atoms. The average molecular weight is 578 g/mol. The fraction of sp³-hybridized carbons (Fsp3) is 0.615. The van der Waals surface area contributed by atoms with Gasteiger partial charge in [-0.2, -0.15) is 15.0 Å². The number of alkyl halides is 2. The molecule has 0 N–H and O–H groups in total. The van der Waals surface area contributed by atoms with Crippen LogP contribution in [0.3, 0.4) is 0 Å². The first-order valence-electron chi connectivity index (χ1n) is 13.5. The van der Waals surface area contributed by atoms with Gasteiger partial charge in [-0.3, -0.25) is 4.57 Å². The molecule has 4 heterocycles. The number of anilines is 2. The van der Waals surface area contributed by atoms with E-state index in [9.17, 15) is 8.78 Å². The Kier molecular flexibility index (Phi) is 7.85. The van der Waals surface area contributed by atoms with Crippen LogP contribution in [0.25, 0.3) is 17.0 Å². The minimum Gasteiger partial charge on any atom is -0.541 e. The van der Waals surface area contributed by atoms with Crippen molar-refractivity contribution in [2.45, 2.75) is 45.3 Å². The SMILES string of the molecule is COc1c(O[Si](C)(C)C(C)(C)C)ccc2c1nc(C(F)F)n2-c1nc(N2CCOCC2)nc(N2CCOCC2)n1. The van der Waals surface area contributed by atoms with E-state index in [1.165, 1.54) is 11.7 Å². The Morgan fingerprint density at radius 1 is 0.850 bits per heavy atom. The molecule has 0 radical (unpaired) electrons. The predicted molar refractivity (Wildman–Crippen MR) is 150 cm³/mol. The summed E-state index contributed by atoms with van der Waals surface area (Å²) in [5, 5.41) is -0.0723. The quantitative estimate of drug-likeness (QED) is 0.380. The first-order valence-corrected chi connectivity index (χ1v) is 16.4. The number of fused-ring (bicyclic) bond motifs is 1. The topological polar surface area (TPSA) is 99.9 Å². The van der Waals surface area contributed by atoms with Crippen LogP contribution in [0.2, 0.25) is 18.1 Å². The number of benzene rings is 1. The molecular formula is C26H37F2N7O4Si. The second-order valence-corrected chi connectivity index (χ2v) is 16.1. The third-order valence-electron chi connectivity index (χ3n) is 7.73. The van der Waals surface area contributed by atoms with Crippen LogP contribution in [0.15, 0.2) is 12.1 Å². The fourth-order valence-corrected chi connectivity index (χ4v) is 5.45. The summed E-state index contributed by atoms with van der Waals surface area (Å²) in [6, 6.07) is 3.47. The van der Waals surface area contributed by atoms with Crippen LogP contribution in [0.5, 0.6) is 11.5 Å². The number of hydrogen-bond donors (Lipinski definition) is 0. The Labute approximate surface area is 233 Å². The van der Waals surface area contributed by atoms with Gasteiger partial charge in [0.15, 0.2) is 11.6 Å². The maximum absolute atomic E-state index is 14.6. The number of rotatable bonds is 7. The summed E-state index contributed by atoms with van der Waals surface area (Å²) in [5.41, 5.74) is 0.650. The minimum absolute atomic E-state index is 0.0656. The Bertz CT molecular complexity index is 1320. The zero-order chi connectivity index (χ0) is 28.7. The van der Waals surface area contributed by atoms with Crippen LogP contribution in [0, 0.1) is 0 Å². The van der Waals surface area contributed by atoms with Crippen molar-refractivity contribution in [3.63, 3.8) is 0 Å². The molecule has 14 heteroatoms. The third kappa shape index (κ3) is 5.43. The van der Waals surface area contributed by atoms with E-state index in [0.717, 1.165) is 0 Å². The van der Waals surface area contributed by atoms with Gasteiger partial charge in [0.25, 0.3) is 14.7 Å². The number of imidazole rings is 1. The van der Waals surface area contributed by atoms with E-state index in [1.807, 2.05) is 9.80 Å². The molecule has 2 saturated heterocycles. The molecule has 0 bridgehead atoms. The van der Waals surface area contributed by atoms with Crippen molar-refractivity contribution in [3.8, 4) is 17.4 Å². The van der Waals surface area contributed by atoms with Crippen molar-refractivity contribution in [2.24, 2.45) is 0 Å². The average Bonchev–Trinajstić information content (AvgIpc) is 3.33. The van der Waals surface area contributed by atoms with Crippen molar-refractivity contribution in [1.82, 2.24) is 24.5 Å². The van der Waals surface area contributed by atoms with Gasteiger partial charge in [0.1, 0.15) is 11.3 Å².